The van der Waals surface area contributed by atoms with Crippen molar-refractivity contribution in [3.05, 3.63) is 10.3 Å². The van der Waals surface area contributed by atoms with E-state index >= 15 is 0 Å². The van der Waals surface area contributed by atoms with Gasteiger partial charge in [-0.05, 0) is 12.5 Å². The van der Waals surface area contributed by atoms with Crippen molar-refractivity contribution >= 4 is 34.0 Å². The minimum absolute atomic E-state index is 0.336. The van der Waals surface area contributed by atoms with Gasteiger partial charge < -0.3 is 0 Å². The third-order valence-electron chi connectivity index (χ3n) is 5.92. The van der Waals surface area contributed by atoms with Crippen molar-refractivity contribution in [1.82, 2.24) is 0 Å². The van der Waals surface area contributed by atoms with Gasteiger partial charge in [0.2, 0.25) is 0 Å². The highest BCUT2D eigenvalue weighted by Crippen LogP contribution is 2.53. The van der Waals surface area contributed by atoms with Crippen LogP contribution >= 0.6 is 11.1 Å². The van der Waals surface area contributed by atoms with Crippen LogP contribution in [0.15, 0.2) is 10.3 Å². The first kappa shape index (κ1) is 14.5. The number of rotatable bonds is 2. The standard InChI is InChI=1S/C15H27BClSi2/c1-18(2)15-14(10-11-19(15,3)17)16-12-6-4-7-13(16)9-5-8-12/h12-13H,4-11H2,1-3H3. The van der Waals surface area contributed by atoms with Gasteiger partial charge >= 0.3 is 0 Å². The predicted molar refractivity (Wildman–Crippen MR) is 92.4 cm³/mol. The summed E-state index contributed by atoms with van der Waals surface area (Å²) in [6, 6.07) is 1.34. The van der Waals surface area contributed by atoms with Crippen LogP contribution in [-0.2, 0) is 0 Å². The van der Waals surface area contributed by atoms with E-state index in [9.17, 15) is 0 Å². The fourth-order valence-electron chi connectivity index (χ4n) is 5.38. The largest absolute Gasteiger partial charge is 0.175 e. The number of allylic oxidation sites excluding steroid dienone is 1. The summed E-state index contributed by atoms with van der Waals surface area (Å²) in [5, 5.41) is 0. The molecule has 1 radical (unpaired) electrons. The zero-order chi connectivity index (χ0) is 13.6. The summed E-state index contributed by atoms with van der Waals surface area (Å²) in [5.74, 6) is 2.05. The van der Waals surface area contributed by atoms with Gasteiger partial charge in [-0.25, -0.2) is 0 Å². The molecule has 0 amide bonds. The summed E-state index contributed by atoms with van der Waals surface area (Å²) >= 11 is 7.01. The summed E-state index contributed by atoms with van der Waals surface area (Å²) in [4.78, 5) is 1.86. The quantitative estimate of drug-likeness (QED) is 0.468. The smallest absolute Gasteiger partial charge is 0.162 e. The second-order valence-electron chi connectivity index (χ2n) is 7.51. The first-order valence-corrected chi connectivity index (χ1v) is 14.5. The molecule has 2 fully saturated rings. The second kappa shape index (κ2) is 5.38. The first-order valence-electron chi connectivity index (χ1n) is 8.23. The maximum absolute atomic E-state index is 7.01. The molecule has 0 aromatic heterocycles. The van der Waals surface area contributed by atoms with E-state index in [0.29, 0.717) is 0 Å². The molecule has 0 spiro atoms. The third-order valence-corrected chi connectivity index (χ3v) is 14.6. The molecule has 2 saturated heterocycles. The van der Waals surface area contributed by atoms with E-state index in [-0.39, 0.29) is 8.80 Å². The van der Waals surface area contributed by atoms with Crippen LogP contribution in [0.25, 0.3) is 0 Å². The summed E-state index contributed by atoms with van der Waals surface area (Å²) in [6.07, 6.45) is 10.4. The molecule has 0 aliphatic carbocycles. The molecule has 4 heteroatoms. The molecule has 2 bridgehead atoms. The van der Waals surface area contributed by atoms with Crippen LogP contribution in [-0.4, -0.2) is 22.9 Å². The van der Waals surface area contributed by atoms with E-state index in [1.807, 2.05) is 10.3 Å². The Kier molecular flexibility index (Phi) is 4.10. The fraction of sp³-hybridized carbons (Fsp3) is 0.867. The Bertz CT molecular complexity index is 370. The Morgan fingerprint density at radius 3 is 2.11 bits per heavy atom. The van der Waals surface area contributed by atoms with Gasteiger partial charge in [0.05, 0.1) is 8.80 Å². The van der Waals surface area contributed by atoms with E-state index in [1.54, 1.807) is 0 Å². The fourth-order valence-corrected chi connectivity index (χ4v) is 15.2. The molecule has 0 aromatic rings. The molecule has 1 unspecified atom stereocenters. The Hall–Kier alpha value is 0.529. The first-order chi connectivity index (χ1) is 9.00. The Morgan fingerprint density at radius 2 is 1.63 bits per heavy atom. The summed E-state index contributed by atoms with van der Waals surface area (Å²) < 4.78 is 0. The van der Waals surface area contributed by atoms with Crippen LogP contribution < -0.4 is 0 Å². The summed E-state index contributed by atoms with van der Waals surface area (Å²) in [7, 11) is -1.87. The van der Waals surface area contributed by atoms with Gasteiger partial charge in [-0.2, -0.15) is 11.1 Å². The molecule has 0 N–H and O–H groups in total. The van der Waals surface area contributed by atoms with Crippen molar-refractivity contribution in [1.29, 1.82) is 0 Å². The number of halogens is 1. The Labute approximate surface area is 126 Å². The van der Waals surface area contributed by atoms with Crippen molar-refractivity contribution in [3.8, 4) is 0 Å². The van der Waals surface area contributed by atoms with Gasteiger partial charge in [-0.15, -0.1) is 5.47 Å². The zero-order valence-corrected chi connectivity index (χ0v) is 15.5. The Morgan fingerprint density at radius 1 is 1.11 bits per heavy atom. The summed E-state index contributed by atoms with van der Waals surface area (Å²) in [6.45, 7) is 8.35. The topological polar surface area (TPSA) is 0 Å². The molecule has 0 nitrogen and oxygen atoms in total. The van der Waals surface area contributed by atoms with Crippen LogP contribution in [0, 0.1) is 0 Å². The monoisotopic (exact) mass is 309 g/mol. The van der Waals surface area contributed by atoms with Crippen LogP contribution in [0.3, 0.4) is 0 Å². The van der Waals surface area contributed by atoms with E-state index in [2.05, 4.69) is 19.6 Å². The van der Waals surface area contributed by atoms with E-state index in [0.717, 1.165) is 18.3 Å². The highest BCUT2D eigenvalue weighted by molar-refractivity contribution is 7.29. The van der Waals surface area contributed by atoms with E-state index in [4.69, 9.17) is 11.1 Å². The van der Waals surface area contributed by atoms with Crippen LogP contribution in [0.1, 0.15) is 44.9 Å². The SMILES string of the molecule is C[Si](C)C1=C(B2C3CCCC2CCC3)CC[Si]1(C)Cl. The molecule has 3 aliphatic rings. The minimum Gasteiger partial charge on any atom is -0.162 e. The van der Waals surface area contributed by atoms with Crippen LogP contribution in [0.5, 0.6) is 0 Å². The normalized spacial score (nSPS) is 39.3. The number of fused-ring (bicyclic) bond motifs is 2. The molecular weight excluding hydrogens is 283 g/mol. The van der Waals surface area contributed by atoms with Gasteiger partial charge in [0.1, 0.15) is 0 Å². The highest BCUT2D eigenvalue weighted by Gasteiger charge is 2.47. The minimum atomic E-state index is -1.53. The molecule has 0 saturated carbocycles. The lowest BCUT2D eigenvalue weighted by molar-refractivity contribution is 0.445. The van der Waals surface area contributed by atoms with E-state index < -0.39 is 7.38 Å². The lowest BCUT2D eigenvalue weighted by Gasteiger charge is -2.42. The average molecular weight is 310 g/mol. The van der Waals surface area contributed by atoms with Crippen molar-refractivity contribution in [2.45, 2.75) is 82.3 Å². The molecular formula is C15H27BClSi2. The summed E-state index contributed by atoms with van der Waals surface area (Å²) in [5.41, 5.74) is 1.91. The van der Waals surface area contributed by atoms with Crippen LogP contribution in [0.4, 0.5) is 0 Å². The van der Waals surface area contributed by atoms with Crippen molar-refractivity contribution in [3.63, 3.8) is 0 Å². The predicted octanol–water partition coefficient (Wildman–Crippen LogP) is 5.48. The molecule has 0 aromatic carbocycles. The number of hydrogen-bond donors (Lipinski definition) is 0. The maximum atomic E-state index is 7.01. The second-order valence-corrected chi connectivity index (χ2v) is 16.4. The lowest BCUT2D eigenvalue weighted by Crippen LogP contribution is -2.39. The zero-order valence-electron chi connectivity index (χ0n) is 12.8. The van der Waals surface area contributed by atoms with Crippen molar-refractivity contribution < 1.29 is 0 Å². The molecule has 3 heterocycles. The van der Waals surface area contributed by atoms with Crippen molar-refractivity contribution in [2.24, 2.45) is 0 Å². The van der Waals surface area contributed by atoms with Gasteiger partial charge in [0.25, 0.3) is 0 Å². The highest BCUT2D eigenvalue weighted by atomic mass is 35.6. The van der Waals surface area contributed by atoms with Gasteiger partial charge in [-0.3, -0.25) is 0 Å². The molecule has 3 aliphatic heterocycles. The number of hydrogen-bond acceptors (Lipinski definition) is 0. The average Bonchev–Trinajstić information content (AvgIpc) is 2.63. The maximum Gasteiger partial charge on any atom is 0.175 e. The Balaban J connectivity index is 1.97. The molecule has 3 rings (SSSR count). The van der Waals surface area contributed by atoms with Gasteiger partial charge in [0, 0.05) is 0 Å². The van der Waals surface area contributed by atoms with Gasteiger partial charge in [0.15, 0.2) is 14.1 Å². The van der Waals surface area contributed by atoms with Crippen LogP contribution in [0.2, 0.25) is 37.3 Å². The van der Waals surface area contributed by atoms with Crippen molar-refractivity contribution in [2.75, 3.05) is 0 Å². The van der Waals surface area contributed by atoms with Gasteiger partial charge in [-0.1, -0.05) is 74.6 Å². The third kappa shape index (κ3) is 2.55. The van der Waals surface area contributed by atoms with E-state index in [1.165, 1.54) is 51.0 Å². The molecule has 1 atom stereocenters. The lowest BCUT2D eigenvalue weighted by atomic mass is 9.24. The molecule has 19 heavy (non-hydrogen) atoms. The molecule has 105 valence electrons.